The summed E-state index contributed by atoms with van der Waals surface area (Å²) in [4.78, 5) is 18.9. The molecule has 28 heavy (non-hydrogen) atoms. The van der Waals surface area contributed by atoms with Crippen molar-refractivity contribution in [2.45, 2.75) is 39.0 Å². The van der Waals surface area contributed by atoms with Crippen molar-refractivity contribution in [3.8, 4) is 11.4 Å². The van der Waals surface area contributed by atoms with Crippen LogP contribution in [0.4, 0.5) is 0 Å². The highest BCUT2D eigenvalue weighted by Gasteiger charge is 2.34. The van der Waals surface area contributed by atoms with Crippen LogP contribution in [0.2, 0.25) is 0 Å². The molecule has 0 radical (unpaired) electrons. The third-order valence-corrected chi connectivity index (χ3v) is 5.36. The van der Waals surface area contributed by atoms with E-state index >= 15 is 0 Å². The van der Waals surface area contributed by atoms with Crippen molar-refractivity contribution in [1.82, 2.24) is 15.0 Å². The predicted molar refractivity (Wildman–Crippen MR) is 108 cm³/mol. The van der Waals surface area contributed by atoms with Gasteiger partial charge >= 0.3 is 0 Å². The van der Waals surface area contributed by atoms with Crippen molar-refractivity contribution in [2.75, 3.05) is 13.1 Å². The summed E-state index contributed by atoms with van der Waals surface area (Å²) in [6.45, 7) is 5.53. The van der Waals surface area contributed by atoms with E-state index in [1.807, 2.05) is 30.0 Å². The Morgan fingerprint density at radius 1 is 1.14 bits per heavy atom. The third-order valence-electron chi connectivity index (χ3n) is 5.36. The Labute approximate surface area is 165 Å². The van der Waals surface area contributed by atoms with Crippen molar-refractivity contribution in [3.63, 3.8) is 0 Å². The van der Waals surface area contributed by atoms with Crippen molar-refractivity contribution < 1.29 is 9.32 Å². The molecule has 1 aliphatic heterocycles. The molecule has 5 heteroatoms. The van der Waals surface area contributed by atoms with E-state index in [-0.39, 0.29) is 11.8 Å². The maximum atomic E-state index is 12.4. The molecule has 0 aliphatic carbocycles. The van der Waals surface area contributed by atoms with Crippen molar-refractivity contribution in [1.29, 1.82) is 0 Å². The molecule has 1 fully saturated rings. The summed E-state index contributed by atoms with van der Waals surface area (Å²) in [5.74, 6) is 1.32. The van der Waals surface area contributed by atoms with Gasteiger partial charge in [-0.1, -0.05) is 59.3 Å². The fourth-order valence-electron chi connectivity index (χ4n) is 3.85. The van der Waals surface area contributed by atoms with Gasteiger partial charge in [0.25, 0.3) is 0 Å². The first kappa shape index (κ1) is 18.4. The van der Waals surface area contributed by atoms with Gasteiger partial charge in [-0.05, 0) is 37.8 Å². The maximum absolute atomic E-state index is 12.4. The van der Waals surface area contributed by atoms with Crippen LogP contribution >= 0.6 is 0 Å². The summed E-state index contributed by atoms with van der Waals surface area (Å²) >= 11 is 0. The monoisotopic (exact) mass is 375 g/mol. The van der Waals surface area contributed by atoms with Gasteiger partial charge in [-0.3, -0.25) is 4.79 Å². The average molecular weight is 375 g/mol. The Hall–Kier alpha value is -2.95. The number of aromatic nitrogens is 2. The number of hydrogen-bond acceptors (Lipinski definition) is 4. The zero-order valence-corrected chi connectivity index (χ0v) is 16.4. The molecule has 1 aliphatic rings. The van der Waals surface area contributed by atoms with E-state index in [9.17, 15) is 4.79 Å². The number of rotatable bonds is 6. The molecule has 2 heterocycles. The highest BCUT2D eigenvalue weighted by molar-refractivity contribution is 5.79. The molecule has 0 saturated carbocycles. The average Bonchev–Trinajstić information content (AvgIpc) is 3.30. The zero-order valence-electron chi connectivity index (χ0n) is 16.4. The number of nitrogens with zero attached hydrogens (tertiary/aromatic N) is 3. The molecule has 144 valence electrons. The van der Waals surface area contributed by atoms with Crippen molar-refractivity contribution in [2.24, 2.45) is 0 Å². The fourth-order valence-corrected chi connectivity index (χ4v) is 3.85. The lowest BCUT2D eigenvalue weighted by Crippen LogP contribution is -2.26. The first-order chi connectivity index (χ1) is 13.6. The second-order valence-corrected chi connectivity index (χ2v) is 7.60. The molecule has 3 aromatic rings. The molecule has 1 aromatic heterocycles. The van der Waals surface area contributed by atoms with Crippen LogP contribution in [0, 0.1) is 13.8 Å². The summed E-state index contributed by atoms with van der Waals surface area (Å²) < 4.78 is 5.52. The smallest absolute Gasteiger partial charge is 0.232 e. The number of carbonyl (C=O) groups is 1. The standard InChI is InChI=1S/C23H25N3O2/c1-16-10-11-20(17(2)13-16)22-24-23(28-25-22)19-14-21(27)26(15-19)12-6-9-18-7-4-3-5-8-18/h3-5,7-8,10-11,13,19H,6,9,12,14-15H2,1-2H3. The van der Waals surface area contributed by atoms with Crippen LogP contribution in [0.3, 0.4) is 0 Å². The molecule has 4 rings (SSSR count). The largest absolute Gasteiger partial charge is 0.342 e. The summed E-state index contributed by atoms with van der Waals surface area (Å²) in [5.41, 5.74) is 4.61. The van der Waals surface area contributed by atoms with E-state index in [1.165, 1.54) is 11.1 Å². The lowest BCUT2D eigenvalue weighted by Gasteiger charge is -2.15. The molecule has 5 nitrogen and oxygen atoms in total. The SMILES string of the molecule is Cc1ccc(-c2noc(C3CC(=O)N(CCCc4ccccc4)C3)n2)c(C)c1. The van der Waals surface area contributed by atoms with Gasteiger partial charge in [-0.15, -0.1) is 0 Å². The first-order valence-corrected chi connectivity index (χ1v) is 9.83. The maximum Gasteiger partial charge on any atom is 0.232 e. The van der Waals surface area contributed by atoms with E-state index in [0.29, 0.717) is 24.7 Å². The van der Waals surface area contributed by atoms with Crippen LogP contribution in [-0.2, 0) is 11.2 Å². The molecule has 0 bridgehead atoms. The van der Waals surface area contributed by atoms with Crippen LogP contribution in [0.15, 0.2) is 53.1 Å². The van der Waals surface area contributed by atoms with Gasteiger partial charge in [0.05, 0.1) is 5.92 Å². The van der Waals surface area contributed by atoms with Crippen molar-refractivity contribution in [3.05, 3.63) is 71.1 Å². The number of carbonyl (C=O) groups excluding carboxylic acids is 1. The topological polar surface area (TPSA) is 59.2 Å². The van der Waals surface area contributed by atoms with Gasteiger partial charge in [-0.2, -0.15) is 4.98 Å². The van der Waals surface area contributed by atoms with Crippen molar-refractivity contribution >= 4 is 5.91 Å². The van der Waals surface area contributed by atoms with Gasteiger partial charge in [0.1, 0.15) is 0 Å². The Morgan fingerprint density at radius 2 is 1.96 bits per heavy atom. The van der Waals surface area contributed by atoms with Crippen LogP contribution in [0.25, 0.3) is 11.4 Å². The molecule has 0 spiro atoms. The van der Waals surface area contributed by atoms with E-state index in [1.54, 1.807) is 0 Å². The van der Waals surface area contributed by atoms with Crippen LogP contribution in [0.5, 0.6) is 0 Å². The Morgan fingerprint density at radius 3 is 2.75 bits per heavy atom. The summed E-state index contributed by atoms with van der Waals surface area (Å²) in [7, 11) is 0. The molecular formula is C23H25N3O2. The number of amides is 1. The number of benzene rings is 2. The molecule has 1 amide bonds. The Bertz CT molecular complexity index is 965. The molecular weight excluding hydrogens is 350 g/mol. The predicted octanol–water partition coefficient (Wildman–Crippen LogP) is 4.30. The second-order valence-electron chi connectivity index (χ2n) is 7.60. The molecule has 0 N–H and O–H groups in total. The summed E-state index contributed by atoms with van der Waals surface area (Å²) in [6, 6.07) is 16.6. The zero-order chi connectivity index (χ0) is 19.5. The minimum atomic E-state index is -0.0174. The summed E-state index contributed by atoms with van der Waals surface area (Å²) in [6.07, 6.45) is 2.38. The van der Waals surface area contributed by atoms with Gasteiger partial charge in [0, 0.05) is 25.1 Å². The number of aryl methyl sites for hydroxylation is 3. The van der Waals surface area contributed by atoms with E-state index in [0.717, 1.165) is 30.5 Å². The lowest BCUT2D eigenvalue weighted by molar-refractivity contribution is -0.127. The summed E-state index contributed by atoms with van der Waals surface area (Å²) in [5, 5.41) is 4.16. The molecule has 1 atom stereocenters. The molecule has 1 unspecified atom stereocenters. The van der Waals surface area contributed by atoms with Gasteiger partial charge < -0.3 is 9.42 Å². The van der Waals surface area contributed by atoms with E-state index in [4.69, 9.17) is 4.52 Å². The fraction of sp³-hybridized carbons (Fsp3) is 0.348. The minimum absolute atomic E-state index is 0.0174. The van der Waals surface area contributed by atoms with Gasteiger partial charge in [0.2, 0.25) is 17.6 Å². The van der Waals surface area contributed by atoms with Crippen LogP contribution in [0.1, 0.15) is 41.3 Å². The van der Waals surface area contributed by atoms with Crippen LogP contribution in [-0.4, -0.2) is 34.0 Å². The Kier molecular flexibility index (Phi) is 5.24. The van der Waals surface area contributed by atoms with Crippen LogP contribution < -0.4 is 0 Å². The third kappa shape index (κ3) is 3.98. The molecule has 1 saturated heterocycles. The highest BCUT2D eigenvalue weighted by atomic mass is 16.5. The molecule has 2 aromatic carbocycles. The normalized spacial score (nSPS) is 16.7. The Balaban J connectivity index is 1.38. The van der Waals surface area contributed by atoms with Gasteiger partial charge in [-0.25, -0.2) is 0 Å². The number of hydrogen-bond donors (Lipinski definition) is 0. The van der Waals surface area contributed by atoms with E-state index in [2.05, 4.69) is 47.4 Å². The quantitative estimate of drug-likeness (QED) is 0.644. The lowest BCUT2D eigenvalue weighted by atomic mass is 10.1. The van der Waals surface area contributed by atoms with Gasteiger partial charge in [0.15, 0.2) is 0 Å². The van der Waals surface area contributed by atoms with E-state index < -0.39 is 0 Å². The first-order valence-electron chi connectivity index (χ1n) is 9.83. The second kappa shape index (κ2) is 7.97. The number of likely N-dealkylation sites (tertiary alicyclic amines) is 1. The minimum Gasteiger partial charge on any atom is -0.342 e. The highest BCUT2D eigenvalue weighted by Crippen LogP contribution is 2.29.